The number of aromatic nitrogens is 2. The molecule has 0 bridgehead atoms. The number of anilines is 2. The number of amides is 1. The van der Waals surface area contributed by atoms with E-state index in [9.17, 15) is 4.79 Å². The van der Waals surface area contributed by atoms with Crippen LogP contribution < -0.4 is 20.5 Å². The number of hydrogen-bond acceptors (Lipinski definition) is 6. The number of primary amides is 1. The molecule has 0 saturated heterocycles. The van der Waals surface area contributed by atoms with E-state index in [1.54, 1.807) is 44.6 Å². The molecule has 0 aliphatic heterocycles. The second-order valence-corrected chi connectivity index (χ2v) is 5.40. The Hall–Kier alpha value is -3.61. The van der Waals surface area contributed by atoms with Crippen LogP contribution in [0.5, 0.6) is 11.5 Å². The molecule has 132 valence electrons. The first-order valence-electron chi connectivity index (χ1n) is 7.82. The fourth-order valence-electron chi connectivity index (χ4n) is 2.53. The zero-order valence-corrected chi connectivity index (χ0v) is 14.4. The number of ether oxygens (including phenoxy) is 2. The van der Waals surface area contributed by atoms with Crippen molar-refractivity contribution in [3.63, 3.8) is 0 Å². The largest absolute Gasteiger partial charge is 0.493 e. The Morgan fingerprint density at radius 3 is 2.46 bits per heavy atom. The Labute approximate surface area is 150 Å². The number of para-hydroxylation sites is 1. The van der Waals surface area contributed by atoms with Crippen LogP contribution in [0.1, 0.15) is 10.4 Å². The molecule has 3 aromatic rings. The van der Waals surface area contributed by atoms with Crippen LogP contribution in [0.15, 0.2) is 54.9 Å². The maximum atomic E-state index is 11.1. The number of carbonyl (C=O) groups is 1. The lowest BCUT2D eigenvalue weighted by atomic mass is 10.1. The molecule has 3 rings (SSSR count). The van der Waals surface area contributed by atoms with Gasteiger partial charge in [-0.3, -0.25) is 4.79 Å². The Morgan fingerprint density at radius 2 is 1.81 bits per heavy atom. The molecule has 1 aromatic heterocycles. The fraction of sp³-hybridized carbons (Fsp3) is 0.105. The summed E-state index contributed by atoms with van der Waals surface area (Å²) in [4.78, 5) is 19.7. The van der Waals surface area contributed by atoms with Gasteiger partial charge in [-0.25, -0.2) is 9.97 Å². The topological polar surface area (TPSA) is 99.4 Å². The van der Waals surface area contributed by atoms with Gasteiger partial charge >= 0.3 is 0 Å². The van der Waals surface area contributed by atoms with Gasteiger partial charge in [-0.05, 0) is 36.4 Å². The number of nitrogens with two attached hydrogens (primary N) is 1. The Morgan fingerprint density at radius 1 is 1.04 bits per heavy atom. The van der Waals surface area contributed by atoms with Crippen molar-refractivity contribution in [2.45, 2.75) is 0 Å². The summed E-state index contributed by atoms with van der Waals surface area (Å²) in [5, 5.41) is 3.17. The van der Waals surface area contributed by atoms with Crippen LogP contribution in [-0.4, -0.2) is 30.1 Å². The summed E-state index contributed by atoms with van der Waals surface area (Å²) >= 11 is 0. The van der Waals surface area contributed by atoms with Gasteiger partial charge in [0.05, 0.1) is 19.9 Å². The van der Waals surface area contributed by atoms with Crippen molar-refractivity contribution in [3.05, 3.63) is 60.4 Å². The van der Waals surface area contributed by atoms with Gasteiger partial charge in [-0.1, -0.05) is 6.07 Å². The first-order chi connectivity index (χ1) is 12.6. The number of carbonyl (C=O) groups excluding carboxylic acids is 1. The lowest BCUT2D eigenvalue weighted by Crippen LogP contribution is -2.10. The minimum Gasteiger partial charge on any atom is -0.493 e. The third-order valence-corrected chi connectivity index (χ3v) is 3.79. The van der Waals surface area contributed by atoms with Crippen molar-refractivity contribution in [2.24, 2.45) is 5.73 Å². The van der Waals surface area contributed by atoms with Crippen molar-refractivity contribution >= 4 is 17.4 Å². The number of nitrogens with one attached hydrogen (secondary N) is 1. The molecule has 0 saturated carbocycles. The van der Waals surface area contributed by atoms with E-state index in [4.69, 9.17) is 15.2 Å². The molecule has 0 atom stereocenters. The molecule has 7 heteroatoms. The first kappa shape index (κ1) is 17.2. The zero-order chi connectivity index (χ0) is 18.5. The van der Waals surface area contributed by atoms with E-state index in [0.717, 1.165) is 11.3 Å². The molecule has 0 aliphatic carbocycles. The Kier molecular flexibility index (Phi) is 4.98. The smallest absolute Gasteiger partial charge is 0.248 e. The molecule has 1 amide bonds. The zero-order valence-electron chi connectivity index (χ0n) is 14.4. The Balaban J connectivity index is 1.90. The van der Waals surface area contributed by atoms with Gasteiger partial charge in [0.25, 0.3) is 0 Å². The highest BCUT2D eigenvalue weighted by atomic mass is 16.5. The van der Waals surface area contributed by atoms with Crippen molar-refractivity contribution in [1.29, 1.82) is 0 Å². The quantitative estimate of drug-likeness (QED) is 0.709. The van der Waals surface area contributed by atoms with Gasteiger partial charge in [0, 0.05) is 22.9 Å². The SMILES string of the molecule is COc1cccc(-c2cc(Nc3ccc(C(N)=O)cc3)ncn2)c1OC. The molecule has 0 unspecified atom stereocenters. The first-order valence-corrected chi connectivity index (χ1v) is 7.82. The minimum absolute atomic E-state index is 0.444. The van der Waals surface area contributed by atoms with Crippen LogP contribution in [0.3, 0.4) is 0 Å². The average Bonchev–Trinajstić information content (AvgIpc) is 2.67. The second kappa shape index (κ2) is 7.52. The predicted molar refractivity (Wildman–Crippen MR) is 98.8 cm³/mol. The van der Waals surface area contributed by atoms with Crippen molar-refractivity contribution < 1.29 is 14.3 Å². The summed E-state index contributed by atoms with van der Waals surface area (Å²) in [7, 11) is 3.17. The third kappa shape index (κ3) is 3.56. The number of nitrogens with zero attached hydrogens (tertiary/aromatic N) is 2. The second-order valence-electron chi connectivity index (χ2n) is 5.40. The predicted octanol–water partition coefficient (Wildman–Crippen LogP) is 3.00. The molecular formula is C19H18N4O3. The van der Waals surface area contributed by atoms with Gasteiger partial charge in [0.2, 0.25) is 5.91 Å². The van der Waals surface area contributed by atoms with Gasteiger partial charge in [-0.15, -0.1) is 0 Å². The Bertz CT molecular complexity index is 926. The highest BCUT2D eigenvalue weighted by Crippen LogP contribution is 2.37. The minimum atomic E-state index is -0.467. The summed E-state index contributed by atoms with van der Waals surface area (Å²) in [5.41, 5.74) is 7.95. The molecule has 2 aromatic carbocycles. The number of methoxy groups -OCH3 is 2. The molecule has 0 spiro atoms. The highest BCUT2D eigenvalue weighted by Gasteiger charge is 2.13. The van der Waals surface area contributed by atoms with E-state index >= 15 is 0 Å². The summed E-state index contributed by atoms with van der Waals surface area (Å²) in [5.74, 6) is 1.36. The van der Waals surface area contributed by atoms with Gasteiger partial charge in [0.1, 0.15) is 12.1 Å². The van der Waals surface area contributed by atoms with Crippen molar-refractivity contribution in [3.8, 4) is 22.8 Å². The molecule has 0 aliphatic rings. The lowest BCUT2D eigenvalue weighted by Gasteiger charge is -2.13. The van der Waals surface area contributed by atoms with Crippen molar-refractivity contribution in [2.75, 3.05) is 19.5 Å². The number of benzene rings is 2. The van der Waals surface area contributed by atoms with Gasteiger partial charge in [0.15, 0.2) is 11.5 Å². The van der Waals surface area contributed by atoms with Crippen molar-refractivity contribution in [1.82, 2.24) is 9.97 Å². The molecule has 0 fully saturated rings. The third-order valence-electron chi connectivity index (χ3n) is 3.79. The summed E-state index contributed by atoms with van der Waals surface area (Å²) in [6.07, 6.45) is 1.47. The van der Waals surface area contributed by atoms with Crippen LogP contribution in [0, 0.1) is 0 Å². The maximum absolute atomic E-state index is 11.1. The van der Waals surface area contributed by atoms with Gasteiger partial charge < -0.3 is 20.5 Å². The van der Waals surface area contributed by atoms with E-state index in [1.807, 2.05) is 18.2 Å². The van der Waals surface area contributed by atoms with E-state index in [-0.39, 0.29) is 0 Å². The van der Waals surface area contributed by atoms with Crippen LogP contribution in [-0.2, 0) is 0 Å². The van der Waals surface area contributed by atoms with E-state index in [2.05, 4.69) is 15.3 Å². The van der Waals surface area contributed by atoms with E-state index < -0.39 is 5.91 Å². The molecule has 3 N–H and O–H groups in total. The standard InChI is InChI=1S/C19H18N4O3/c1-25-16-5-3-4-14(18(16)26-2)15-10-17(22-11-21-15)23-13-8-6-12(7-9-13)19(20)24/h3-11H,1-2H3,(H2,20,24)(H,21,22,23). The van der Waals surface area contributed by atoms with E-state index in [0.29, 0.717) is 28.6 Å². The maximum Gasteiger partial charge on any atom is 0.248 e. The molecule has 7 nitrogen and oxygen atoms in total. The lowest BCUT2D eigenvalue weighted by molar-refractivity contribution is 0.100. The highest BCUT2D eigenvalue weighted by molar-refractivity contribution is 5.93. The van der Waals surface area contributed by atoms with Crippen LogP contribution in [0.2, 0.25) is 0 Å². The molecular weight excluding hydrogens is 332 g/mol. The molecule has 0 radical (unpaired) electrons. The molecule has 26 heavy (non-hydrogen) atoms. The monoisotopic (exact) mass is 350 g/mol. The molecule has 1 heterocycles. The normalized spacial score (nSPS) is 10.2. The van der Waals surface area contributed by atoms with E-state index in [1.165, 1.54) is 6.33 Å². The van der Waals surface area contributed by atoms with Crippen LogP contribution >= 0.6 is 0 Å². The number of hydrogen-bond donors (Lipinski definition) is 2. The van der Waals surface area contributed by atoms with Crippen LogP contribution in [0.4, 0.5) is 11.5 Å². The van der Waals surface area contributed by atoms with Gasteiger partial charge in [-0.2, -0.15) is 0 Å². The average molecular weight is 350 g/mol. The summed E-state index contributed by atoms with van der Waals surface area (Å²) < 4.78 is 10.8. The fourth-order valence-corrected chi connectivity index (χ4v) is 2.53. The van der Waals surface area contributed by atoms with Crippen LogP contribution in [0.25, 0.3) is 11.3 Å². The summed E-state index contributed by atoms with van der Waals surface area (Å²) in [6.45, 7) is 0. The number of rotatable bonds is 6. The summed E-state index contributed by atoms with van der Waals surface area (Å²) in [6, 6.07) is 14.2.